The van der Waals surface area contributed by atoms with Crippen LogP contribution in [0.25, 0.3) is 11.1 Å². The molecule has 0 amide bonds. The van der Waals surface area contributed by atoms with Crippen LogP contribution in [0.5, 0.6) is 0 Å². The molecule has 2 aromatic rings. The Bertz CT molecular complexity index is 754. The Hall–Kier alpha value is -0.760. The Morgan fingerprint density at radius 1 is 0.625 bits per heavy atom. The first-order chi connectivity index (χ1) is 11.7. The maximum absolute atomic E-state index is 6.17. The maximum atomic E-state index is 6.17. The fourth-order valence-electron chi connectivity index (χ4n) is 3.92. The predicted molar refractivity (Wildman–Crippen MR) is 94.4 cm³/mol. The monoisotopic (exact) mass is 452 g/mol. The molecule has 4 nitrogen and oxygen atoms in total. The van der Waals surface area contributed by atoms with Gasteiger partial charge in [0, 0.05) is 20.1 Å². The third kappa shape index (κ3) is 1.87. The summed E-state index contributed by atoms with van der Waals surface area (Å²) < 4.78 is 26.7. The van der Waals surface area contributed by atoms with E-state index >= 15 is 0 Å². The molecule has 124 valence electrons. The zero-order valence-corrected chi connectivity index (χ0v) is 15.9. The van der Waals surface area contributed by atoms with Gasteiger partial charge in [-0.2, -0.15) is 0 Å². The van der Waals surface area contributed by atoms with Crippen molar-refractivity contribution in [2.75, 3.05) is 26.4 Å². The third-order valence-electron chi connectivity index (χ3n) is 4.78. The molecule has 0 saturated carbocycles. The van der Waals surface area contributed by atoms with Crippen LogP contribution in [0.3, 0.4) is 0 Å². The molecule has 0 unspecified atom stereocenters. The summed E-state index contributed by atoms with van der Waals surface area (Å²) in [6, 6.07) is 12.2. The molecule has 2 aromatic carbocycles. The van der Waals surface area contributed by atoms with Crippen LogP contribution in [0.1, 0.15) is 11.1 Å². The molecular formula is C18H14Br2O4. The van der Waals surface area contributed by atoms with Gasteiger partial charge in [0.1, 0.15) is 0 Å². The molecule has 2 spiro atoms. The number of fused-ring (bicyclic) bond motifs is 6. The topological polar surface area (TPSA) is 36.9 Å². The minimum absolute atomic E-state index is 0.510. The van der Waals surface area contributed by atoms with Crippen molar-refractivity contribution in [3.05, 3.63) is 56.5 Å². The lowest BCUT2D eigenvalue weighted by molar-refractivity contribution is -0.365. The van der Waals surface area contributed by atoms with Crippen LogP contribution in [0.15, 0.2) is 45.3 Å². The highest BCUT2D eigenvalue weighted by molar-refractivity contribution is 9.10. The summed E-state index contributed by atoms with van der Waals surface area (Å²) in [5, 5.41) is 0. The first-order valence-electron chi connectivity index (χ1n) is 7.83. The molecule has 2 heterocycles. The van der Waals surface area contributed by atoms with E-state index in [2.05, 4.69) is 44.0 Å². The Labute approximate surface area is 156 Å². The second-order valence-electron chi connectivity index (χ2n) is 6.01. The summed E-state index contributed by atoms with van der Waals surface area (Å²) in [6.45, 7) is 2.04. The molecule has 0 N–H and O–H groups in total. The summed E-state index contributed by atoms with van der Waals surface area (Å²) in [4.78, 5) is 0. The molecule has 5 rings (SSSR count). The molecular weight excluding hydrogens is 440 g/mol. The second kappa shape index (κ2) is 5.37. The number of ether oxygens (including phenoxy) is 4. The zero-order chi connectivity index (χ0) is 16.4. The van der Waals surface area contributed by atoms with Crippen molar-refractivity contribution in [3.8, 4) is 11.1 Å². The molecule has 2 saturated heterocycles. The van der Waals surface area contributed by atoms with Crippen molar-refractivity contribution in [2.45, 2.75) is 11.6 Å². The maximum Gasteiger partial charge on any atom is 0.256 e. The lowest BCUT2D eigenvalue weighted by Crippen LogP contribution is -2.53. The van der Waals surface area contributed by atoms with Gasteiger partial charge in [0.15, 0.2) is 0 Å². The normalized spacial score (nSPS) is 22.8. The number of halogens is 2. The van der Waals surface area contributed by atoms with Crippen molar-refractivity contribution >= 4 is 31.9 Å². The Balaban J connectivity index is 1.89. The lowest BCUT2D eigenvalue weighted by atomic mass is 9.77. The van der Waals surface area contributed by atoms with Gasteiger partial charge in [0.05, 0.1) is 26.4 Å². The molecule has 0 atom stereocenters. The van der Waals surface area contributed by atoms with E-state index in [0.29, 0.717) is 26.4 Å². The minimum Gasteiger partial charge on any atom is -0.339 e. The lowest BCUT2D eigenvalue weighted by Gasteiger charge is -2.47. The van der Waals surface area contributed by atoms with E-state index in [0.717, 1.165) is 31.2 Å². The molecule has 2 fully saturated rings. The van der Waals surface area contributed by atoms with Gasteiger partial charge < -0.3 is 18.9 Å². The quantitative estimate of drug-likeness (QED) is 0.596. The molecule has 3 aliphatic rings. The van der Waals surface area contributed by atoms with E-state index in [4.69, 9.17) is 18.9 Å². The van der Waals surface area contributed by atoms with Gasteiger partial charge in [-0.25, -0.2) is 0 Å². The van der Waals surface area contributed by atoms with Crippen molar-refractivity contribution in [1.82, 2.24) is 0 Å². The van der Waals surface area contributed by atoms with Crippen LogP contribution in [0.2, 0.25) is 0 Å². The van der Waals surface area contributed by atoms with Gasteiger partial charge in [0.2, 0.25) is 0 Å². The summed E-state index contributed by atoms with van der Waals surface area (Å²) in [5.74, 6) is -2.14. The molecule has 0 radical (unpaired) electrons. The summed E-state index contributed by atoms with van der Waals surface area (Å²) >= 11 is 7.15. The number of rotatable bonds is 0. The Morgan fingerprint density at radius 3 is 1.38 bits per heavy atom. The van der Waals surface area contributed by atoms with Crippen molar-refractivity contribution in [3.63, 3.8) is 0 Å². The van der Waals surface area contributed by atoms with Crippen LogP contribution >= 0.6 is 31.9 Å². The fraction of sp³-hybridized carbons (Fsp3) is 0.333. The Morgan fingerprint density at radius 2 is 1.00 bits per heavy atom. The van der Waals surface area contributed by atoms with Gasteiger partial charge in [-0.1, -0.05) is 44.0 Å². The van der Waals surface area contributed by atoms with Crippen LogP contribution in [-0.2, 0) is 30.5 Å². The molecule has 1 aliphatic carbocycles. The summed E-state index contributed by atoms with van der Waals surface area (Å²) in [5.41, 5.74) is 4.01. The predicted octanol–water partition coefficient (Wildman–Crippen LogP) is 4.29. The Kier molecular flexibility index (Phi) is 3.46. The van der Waals surface area contributed by atoms with Crippen LogP contribution in [-0.4, -0.2) is 26.4 Å². The zero-order valence-electron chi connectivity index (χ0n) is 12.7. The second-order valence-corrected chi connectivity index (χ2v) is 7.84. The first-order valence-corrected chi connectivity index (χ1v) is 9.41. The van der Waals surface area contributed by atoms with Gasteiger partial charge >= 0.3 is 0 Å². The minimum atomic E-state index is -1.07. The van der Waals surface area contributed by atoms with Crippen molar-refractivity contribution < 1.29 is 18.9 Å². The van der Waals surface area contributed by atoms with E-state index in [-0.39, 0.29) is 0 Å². The van der Waals surface area contributed by atoms with Crippen molar-refractivity contribution in [2.24, 2.45) is 0 Å². The molecule has 24 heavy (non-hydrogen) atoms. The molecule has 0 aromatic heterocycles. The largest absolute Gasteiger partial charge is 0.339 e. The standard InChI is InChI=1S/C18H14Br2O4/c19-11-1-3-15-13(9-11)14-10-12(20)2-4-16(14)18(23-7-8-24-18)17(15)21-5-6-22-17/h1-4,9-10H,5-8H2. The van der Waals surface area contributed by atoms with Gasteiger partial charge in [0.25, 0.3) is 11.6 Å². The van der Waals surface area contributed by atoms with Crippen molar-refractivity contribution in [1.29, 1.82) is 0 Å². The van der Waals surface area contributed by atoms with E-state index in [9.17, 15) is 0 Å². The van der Waals surface area contributed by atoms with Gasteiger partial charge in [-0.3, -0.25) is 0 Å². The van der Waals surface area contributed by atoms with Crippen LogP contribution < -0.4 is 0 Å². The van der Waals surface area contributed by atoms with E-state index < -0.39 is 11.6 Å². The fourth-order valence-corrected chi connectivity index (χ4v) is 4.65. The highest BCUT2D eigenvalue weighted by Crippen LogP contribution is 2.59. The number of hydrogen-bond acceptors (Lipinski definition) is 4. The SMILES string of the molecule is Brc1ccc2c(c1)-c1cc(Br)ccc1C1(OCCO1)C21OCCO1. The van der Waals surface area contributed by atoms with Gasteiger partial charge in [-0.05, 0) is 35.4 Å². The first kappa shape index (κ1) is 15.5. The highest BCUT2D eigenvalue weighted by atomic mass is 79.9. The van der Waals surface area contributed by atoms with E-state index in [1.807, 2.05) is 24.3 Å². The molecule has 2 aliphatic heterocycles. The average Bonchev–Trinajstić information content (AvgIpc) is 3.24. The average molecular weight is 454 g/mol. The van der Waals surface area contributed by atoms with Crippen LogP contribution in [0.4, 0.5) is 0 Å². The highest BCUT2D eigenvalue weighted by Gasteiger charge is 2.66. The van der Waals surface area contributed by atoms with E-state index in [1.165, 1.54) is 0 Å². The molecule has 6 heteroatoms. The van der Waals surface area contributed by atoms with Crippen LogP contribution in [0, 0.1) is 0 Å². The summed E-state index contributed by atoms with van der Waals surface area (Å²) in [7, 11) is 0. The smallest absolute Gasteiger partial charge is 0.256 e. The summed E-state index contributed by atoms with van der Waals surface area (Å²) in [6.07, 6.45) is 0. The third-order valence-corrected chi connectivity index (χ3v) is 5.77. The van der Waals surface area contributed by atoms with E-state index in [1.54, 1.807) is 0 Å². The number of benzene rings is 2. The molecule has 0 bridgehead atoms. The number of hydrogen-bond donors (Lipinski definition) is 0. The van der Waals surface area contributed by atoms with Gasteiger partial charge in [-0.15, -0.1) is 0 Å².